The van der Waals surface area contributed by atoms with Gasteiger partial charge in [0.25, 0.3) is 5.91 Å². The first kappa shape index (κ1) is 21.0. The van der Waals surface area contributed by atoms with Crippen molar-refractivity contribution >= 4 is 12.1 Å². The van der Waals surface area contributed by atoms with Crippen LogP contribution in [0.25, 0.3) is 16.9 Å². The van der Waals surface area contributed by atoms with E-state index in [-0.39, 0.29) is 5.91 Å². The summed E-state index contributed by atoms with van der Waals surface area (Å²) in [6.07, 6.45) is 1.57. The smallest absolute Gasteiger partial charge is 0.289 e. The van der Waals surface area contributed by atoms with Gasteiger partial charge >= 0.3 is 0 Å². The highest BCUT2D eigenvalue weighted by Crippen LogP contribution is 2.27. The third-order valence-electron chi connectivity index (χ3n) is 4.94. The van der Waals surface area contributed by atoms with Crippen molar-refractivity contribution in [3.05, 3.63) is 83.3 Å². The van der Waals surface area contributed by atoms with Crippen LogP contribution in [0.2, 0.25) is 0 Å². The summed E-state index contributed by atoms with van der Waals surface area (Å²) in [4.78, 5) is 12.5. The highest BCUT2D eigenvalue weighted by atomic mass is 16.5. The molecule has 0 saturated carbocycles. The van der Waals surface area contributed by atoms with Crippen molar-refractivity contribution < 1.29 is 9.53 Å². The second-order valence-electron chi connectivity index (χ2n) is 7.16. The summed E-state index contributed by atoms with van der Waals surface area (Å²) in [5, 5.41) is 15.8. The molecule has 1 amide bonds. The summed E-state index contributed by atoms with van der Waals surface area (Å²) < 4.78 is 7.29. The first-order valence-corrected chi connectivity index (χ1v) is 10.3. The molecule has 0 spiro atoms. The van der Waals surface area contributed by atoms with Gasteiger partial charge in [0.1, 0.15) is 11.4 Å². The number of aryl methyl sites for hydroxylation is 1. The molecule has 0 atom stereocenters. The highest BCUT2D eigenvalue weighted by molar-refractivity contribution is 5.94. The van der Waals surface area contributed by atoms with Crippen molar-refractivity contribution in [3.8, 4) is 22.7 Å². The van der Waals surface area contributed by atoms with Crippen LogP contribution in [-0.2, 0) is 0 Å². The topological polar surface area (TPSA) is 97.2 Å². The maximum Gasteiger partial charge on any atom is 0.289 e. The number of nitrogens with one attached hydrogen (secondary N) is 2. The van der Waals surface area contributed by atoms with Gasteiger partial charge in [-0.1, -0.05) is 18.2 Å². The number of para-hydroxylation sites is 1. The zero-order valence-corrected chi connectivity index (χ0v) is 18.2. The predicted molar refractivity (Wildman–Crippen MR) is 123 cm³/mol. The zero-order chi connectivity index (χ0) is 22.5. The van der Waals surface area contributed by atoms with Crippen molar-refractivity contribution in [3.63, 3.8) is 0 Å². The van der Waals surface area contributed by atoms with Crippen LogP contribution in [0.15, 0.2) is 65.8 Å². The number of hydrogen-bond acceptors (Lipinski definition) is 5. The fourth-order valence-electron chi connectivity index (χ4n) is 3.44. The van der Waals surface area contributed by atoms with Crippen LogP contribution in [0, 0.1) is 13.8 Å². The van der Waals surface area contributed by atoms with E-state index in [1.54, 1.807) is 12.3 Å². The SMILES string of the molecule is CCOc1ccc(/C=N\NC(=O)c2cc(-c3c(C)nn(-c4ccccc4)c3C)n[nH]2)cc1. The number of H-pyrrole nitrogens is 1. The van der Waals surface area contributed by atoms with Gasteiger partial charge in [-0.25, -0.2) is 10.1 Å². The number of carbonyl (C=O) groups is 1. The Morgan fingerprint density at radius 1 is 1.16 bits per heavy atom. The van der Waals surface area contributed by atoms with Crippen LogP contribution >= 0.6 is 0 Å². The van der Waals surface area contributed by atoms with E-state index >= 15 is 0 Å². The van der Waals surface area contributed by atoms with Gasteiger partial charge in [-0.2, -0.15) is 15.3 Å². The number of hydrazone groups is 1. The molecule has 0 saturated heterocycles. The molecule has 2 aromatic carbocycles. The first-order valence-electron chi connectivity index (χ1n) is 10.3. The number of rotatable bonds is 7. The van der Waals surface area contributed by atoms with Crippen molar-refractivity contribution in [2.75, 3.05) is 6.61 Å². The predicted octanol–water partition coefficient (Wildman–Crippen LogP) is 4.04. The minimum Gasteiger partial charge on any atom is -0.494 e. The summed E-state index contributed by atoms with van der Waals surface area (Å²) in [6, 6.07) is 19.0. The Hall–Kier alpha value is -4.20. The fraction of sp³-hybridized carbons (Fsp3) is 0.167. The Kier molecular flexibility index (Phi) is 6.12. The molecular formula is C24H24N6O2. The van der Waals surface area contributed by atoms with E-state index in [4.69, 9.17) is 4.74 Å². The molecule has 0 bridgehead atoms. The minimum atomic E-state index is -0.378. The fourth-order valence-corrected chi connectivity index (χ4v) is 3.44. The molecule has 8 heteroatoms. The van der Waals surface area contributed by atoms with Crippen LogP contribution in [-0.4, -0.2) is 38.7 Å². The molecule has 0 unspecified atom stereocenters. The Bertz CT molecular complexity index is 1240. The number of aromatic nitrogens is 4. The van der Waals surface area contributed by atoms with Gasteiger partial charge < -0.3 is 4.74 Å². The molecule has 8 nitrogen and oxygen atoms in total. The zero-order valence-electron chi connectivity index (χ0n) is 18.2. The Morgan fingerprint density at radius 2 is 1.91 bits per heavy atom. The van der Waals surface area contributed by atoms with Gasteiger partial charge in [0.05, 0.1) is 35.6 Å². The monoisotopic (exact) mass is 428 g/mol. The van der Waals surface area contributed by atoms with Gasteiger partial charge in [-0.3, -0.25) is 9.89 Å². The molecule has 4 aromatic rings. The third kappa shape index (κ3) is 4.44. The maximum atomic E-state index is 12.5. The summed E-state index contributed by atoms with van der Waals surface area (Å²) in [5.41, 5.74) is 7.97. The van der Waals surface area contributed by atoms with E-state index in [1.165, 1.54) is 0 Å². The number of hydrogen-bond donors (Lipinski definition) is 2. The average molecular weight is 428 g/mol. The van der Waals surface area contributed by atoms with Gasteiger partial charge in [-0.05, 0) is 68.8 Å². The van der Waals surface area contributed by atoms with E-state index in [0.29, 0.717) is 18.0 Å². The molecule has 162 valence electrons. The average Bonchev–Trinajstić information content (AvgIpc) is 3.40. The van der Waals surface area contributed by atoms with E-state index in [0.717, 1.165) is 34.0 Å². The number of amides is 1. The normalized spacial score (nSPS) is 11.1. The Balaban J connectivity index is 1.47. The largest absolute Gasteiger partial charge is 0.494 e. The molecule has 2 heterocycles. The van der Waals surface area contributed by atoms with Crippen LogP contribution in [0.4, 0.5) is 0 Å². The molecule has 0 aliphatic heterocycles. The van der Waals surface area contributed by atoms with Crippen LogP contribution < -0.4 is 10.2 Å². The van der Waals surface area contributed by atoms with Crippen LogP contribution in [0.3, 0.4) is 0 Å². The van der Waals surface area contributed by atoms with E-state index in [2.05, 4.69) is 25.8 Å². The standard InChI is InChI=1S/C24H24N6O2/c1-4-32-20-12-10-18(11-13-20)15-25-28-24(31)22-14-21(26-27-22)23-16(2)29-30(17(23)3)19-8-6-5-7-9-19/h5-15H,4H2,1-3H3,(H,26,27)(H,28,31)/b25-15-. The van der Waals surface area contributed by atoms with Crippen LogP contribution in [0.5, 0.6) is 5.75 Å². The maximum absolute atomic E-state index is 12.5. The Morgan fingerprint density at radius 3 is 2.62 bits per heavy atom. The number of carbonyl (C=O) groups excluding carboxylic acids is 1. The second kappa shape index (κ2) is 9.30. The van der Waals surface area contributed by atoms with Crippen molar-refractivity contribution in [2.24, 2.45) is 5.10 Å². The lowest BCUT2D eigenvalue weighted by Crippen LogP contribution is -2.18. The van der Waals surface area contributed by atoms with Crippen LogP contribution in [0.1, 0.15) is 34.4 Å². The van der Waals surface area contributed by atoms with Crippen molar-refractivity contribution in [1.82, 2.24) is 25.4 Å². The van der Waals surface area contributed by atoms with Gasteiger partial charge in [0.2, 0.25) is 0 Å². The van der Waals surface area contributed by atoms with E-state index in [1.807, 2.05) is 80.1 Å². The number of benzene rings is 2. The summed E-state index contributed by atoms with van der Waals surface area (Å²) in [7, 11) is 0. The second-order valence-corrected chi connectivity index (χ2v) is 7.16. The lowest BCUT2D eigenvalue weighted by molar-refractivity contribution is 0.0950. The highest BCUT2D eigenvalue weighted by Gasteiger charge is 2.18. The number of aromatic amines is 1. The lowest BCUT2D eigenvalue weighted by Gasteiger charge is -2.04. The number of nitrogens with zero attached hydrogens (tertiary/aromatic N) is 4. The van der Waals surface area contributed by atoms with Crippen molar-refractivity contribution in [2.45, 2.75) is 20.8 Å². The summed E-state index contributed by atoms with van der Waals surface area (Å²) in [6.45, 7) is 6.46. The lowest BCUT2D eigenvalue weighted by atomic mass is 10.1. The van der Waals surface area contributed by atoms with Gasteiger partial charge in [-0.15, -0.1) is 0 Å². The molecule has 0 radical (unpaired) electrons. The van der Waals surface area contributed by atoms with E-state index < -0.39 is 0 Å². The quantitative estimate of drug-likeness (QED) is 0.343. The molecule has 2 aromatic heterocycles. The van der Waals surface area contributed by atoms with Gasteiger partial charge in [0.15, 0.2) is 0 Å². The third-order valence-corrected chi connectivity index (χ3v) is 4.94. The van der Waals surface area contributed by atoms with Gasteiger partial charge in [0, 0.05) is 5.56 Å². The molecular weight excluding hydrogens is 404 g/mol. The molecule has 0 aliphatic rings. The molecule has 0 fully saturated rings. The van der Waals surface area contributed by atoms with Crippen molar-refractivity contribution in [1.29, 1.82) is 0 Å². The minimum absolute atomic E-state index is 0.315. The molecule has 4 rings (SSSR count). The Labute approximate surface area is 185 Å². The molecule has 0 aliphatic carbocycles. The molecule has 2 N–H and O–H groups in total. The van der Waals surface area contributed by atoms with E-state index in [9.17, 15) is 4.79 Å². The number of ether oxygens (including phenoxy) is 1. The summed E-state index contributed by atoms with van der Waals surface area (Å²) in [5.74, 6) is 0.413. The first-order chi connectivity index (χ1) is 15.6. The molecule has 32 heavy (non-hydrogen) atoms. The summed E-state index contributed by atoms with van der Waals surface area (Å²) >= 11 is 0.